The smallest absolute Gasteiger partial charge is 0.146 e. The van der Waals surface area contributed by atoms with Gasteiger partial charge >= 0.3 is 0 Å². The van der Waals surface area contributed by atoms with E-state index >= 15 is 0 Å². The minimum atomic E-state index is -0.622. The average Bonchev–Trinajstić information content (AvgIpc) is 2.66. The molecule has 1 aromatic heterocycles. The van der Waals surface area contributed by atoms with Crippen LogP contribution in [-0.4, -0.2) is 9.78 Å². The highest BCUT2D eigenvalue weighted by Crippen LogP contribution is 2.29. The third kappa shape index (κ3) is 2.08. The third-order valence-electron chi connectivity index (χ3n) is 2.82. The van der Waals surface area contributed by atoms with Gasteiger partial charge in [0.15, 0.2) is 0 Å². The first-order chi connectivity index (χ1) is 8.40. The summed E-state index contributed by atoms with van der Waals surface area (Å²) in [4.78, 5) is 0. The molecule has 0 bridgehead atoms. The van der Waals surface area contributed by atoms with Crippen molar-refractivity contribution in [3.63, 3.8) is 0 Å². The van der Waals surface area contributed by atoms with E-state index in [0.717, 1.165) is 12.1 Å². The van der Waals surface area contributed by atoms with Crippen LogP contribution in [0.4, 0.5) is 14.5 Å². The fourth-order valence-corrected chi connectivity index (χ4v) is 1.78. The number of aryl methyl sites for hydroxylation is 1. The van der Waals surface area contributed by atoms with Gasteiger partial charge in [0.1, 0.15) is 11.6 Å². The van der Waals surface area contributed by atoms with Gasteiger partial charge in [0, 0.05) is 29.4 Å². The molecule has 1 heterocycles. The minimum Gasteiger partial charge on any atom is -0.396 e. The molecular formula is C13H15F2N3. The molecule has 0 fully saturated rings. The Morgan fingerprint density at radius 1 is 1.17 bits per heavy atom. The molecule has 0 aliphatic carbocycles. The Morgan fingerprint density at radius 3 is 2.39 bits per heavy atom. The van der Waals surface area contributed by atoms with Crippen LogP contribution in [0, 0.1) is 18.6 Å². The lowest BCUT2D eigenvalue weighted by Crippen LogP contribution is -2.00. The largest absolute Gasteiger partial charge is 0.396 e. The lowest BCUT2D eigenvalue weighted by Gasteiger charge is -2.05. The lowest BCUT2D eigenvalue weighted by atomic mass is 10.1. The zero-order chi connectivity index (χ0) is 13.4. The summed E-state index contributed by atoms with van der Waals surface area (Å²) in [6.07, 6.45) is 1.72. The summed E-state index contributed by atoms with van der Waals surface area (Å²) < 4.78 is 29.0. The maximum absolute atomic E-state index is 13.8. The molecule has 2 N–H and O–H groups in total. The first kappa shape index (κ1) is 12.5. The van der Waals surface area contributed by atoms with Gasteiger partial charge in [-0.3, -0.25) is 4.68 Å². The van der Waals surface area contributed by atoms with E-state index in [1.54, 1.807) is 17.8 Å². The van der Waals surface area contributed by atoms with Crippen molar-refractivity contribution in [1.29, 1.82) is 0 Å². The van der Waals surface area contributed by atoms with Crippen LogP contribution in [0.3, 0.4) is 0 Å². The molecule has 2 rings (SSSR count). The molecule has 18 heavy (non-hydrogen) atoms. The summed E-state index contributed by atoms with van der Waals surface area (Å²) in [6, 6.07) is 2.27. The number of hydrogen-bond acceptors (Lipinski definition) is 2. The second-order valence-corrected chi connectivity index (χ2v) is 4.56. The Labute approximate surface area is 104 Å². The number of nitrogens with two attached hydrogens (primary N) is 1. The molecule has 0 atom stereocenters. The maximum Gasteiger partial charge on any atom is 0.146 e. The molecule has 0 saturated heterocycles. The van der Waals surface area contributed by atoms with E-state index in [1.807, 2.05) is 13.8 Å². The Hall–Kier alpha value is -1.91. The summed E-state index contributed by atoms with van der Waals surface area (Å²) in [6.45, 7) is 5.70. The van der Waals surface area contributed by atoms with Gasteiger partial charge in [0.2, 0.25) is 0 Å². The Balaban J connectivity index is 2.58. The van der Waals surface area contributed by atoms with Crippen LogP contribution in [0.2, 0.25) is 0 Å². The second-order valence-electron chi connectivity index (χ2n) is 4.56. The van der Waals surface area contributed by atoms with Crippen molar-refractivity contribution in [3.05, 3.63) is 35.7 Å². The molecule has 3 nitrogen and oxygen atoms in total. The molecule has 1 aromatic carbocycles. The number of rotatable bonds is 2. The minimum absolute atomic E-state index is 0.166. The highest BCUT2D eigenvalue weighted by Gasteiger charge is 2.15. The van der Waals surface area contributed by atoms with Crippen molar-refractivity contribution in [2.45, 2.75) is 26.8 Å². The number of benzene rings is 1. The quantitative estimate of drug-likeness (QED) is 0.832. The van der Waals surface area contributed by atoms with E-state index in [4.69, 9.17) is 5.73 Å². The van der Waals surface area contributed by atoms with Crippen LogP contribution in [-0.2, 0) is 0 Å². The van der Waals surface area contributed by atoms with Crippen molar-refractivity contribution in [2.75, 3.05) is 5.73 Å². The van der Waals surface area contributed by atoms with Crippen molar-refractivity contribution < 1.29 is 8.78 Å². The highest BCUT2D eigenvalue weighted by molar-refractivity contribution is 5.68. The van der Waals surface area contributed by atoms with Crippen molar-refractivity contribution >= 4 is 5.69 Å². The van der Waals surface area contributed by atoms with Gasteiger partial charge in [-0.05, 0) is 26.8 Å². The highest BCUT2D eigenvalue weighted by atomic mass is 19.1. The Kier molecular flexibility index (Phi) is 3.07. The molecule has 0 spiro atoms. The van der Waals surface area contributed by atoms with Crippen molar-refractivity contribution in [2.24, 2.45) is 0 Å². The second kappa shape index (κ2) is 4.40. The molecule has 0 aliphatic rings. The monoisotopic (exact) mass is 251 g/mol. The van der Waals surface area contributed by atoms with Crippen LogP contribution in [0.1, 0.15) is 25.6 Å². The van der Waals surface area contributed by atoms with Gasteiger partial charge in [0.25, 0.3) is 0 Å². The summed E-state index contributed by atoms with van der Waals surface area (Å²) in [5.41, 5.74) is 6.56. The number of nitrogens with zero attached hydrogens (tertiary/aromatic N) is 2. The van der Waals surface area contributed by atoms with E-state index in [9.17, 15) is 8.78 Å². The van der Waals surface area contributed by atoms with Gasteiger partial charge in [0.05, 0.1) is 11.4 Å². The van der Waals surface area contributed by atoms with E-state index in [0.29, 0.717) is 11.3 Å². The van der Waals surface area contributed by atoms with Crippen LogP contribution >= 0.6 is 0 Å². The standard InChI is InChI=1S/C13H15F2N3/c1-7(2)18-6-10(8(3)17-18)9-4-12(15)13(16)5-11(9)14/h4-7H,16H2,1-3H3. The Bertz CT molecular complexity index is 588. The normalized spacial score (nSPS) is 11.2. The molecule has 5 heteroatoms. The molecule has 0 unspecified atom stereocenters. The number of halogens is 2. The van der Waals surface area contributed by atoms with Crippen molar-refractivity contribution in [3.8, 4) is 11.1 Å². The Morgan fingerprint density at radius 2 is 1.83 bits per heavy atom. The molecule has 0 saturated carbocycles. The number of aromatic nitrogens is 2. The predicted octanol–water partition coefficient (Wildman–Crippen LogP) is 3.30. The summed E-state index contributed by atoms with van der Waals surface area (Å²) >= 11 is 0. The lowest BCUT2D eigenvalue weighted by molar-refractivity contribution is 0.529. The number of anilines is 1. The predicted molar refractivity (Wildman–Crippen MR) is 67.1 cm³/mol. The van der Waals surface area contributed by atoms with Crippen LogP contribution in [0.5, 0.6) is 0 Å². The van der Waals surface area contributed by atoms with Crippen LogP contribution in [0.15, 0.2) is 18.3 Å². The van der Waals surface area contributed by atoms with Crippen LogP contribution in [0.25, 0.3) is 11.1 Å². The van der Waals surface area contributed by atoms with Gasteiger partial charge in [-0.15, -0.1) is 0 Å². The third-order valence-corrected chi connectivity index (χ3v) is 2.82. The summed E-state index contributed by atoms with van der Waals surface area (Å²) in [5.74, 6) is -1.16. The van der Waals surface area contributed by atoms with E-state index < -0.39 is 11.6 Å². The molecule has 96 valence electrons. The molecule has 2 aromatic rings. The first-order valence-electron chi connectivity index (χ1n) is 5.70. The van der Waals surface area contributed by atoms with E-state index in [1.165, 1.54) is 0 Å². The molecule has 0 radical (unpaired) electrons. The topological polar surface area (TPSA) is 43.8 Å². The van der Waals surface area contributed by atoms with E-state index in [2.05, 4.69) is 5.10 Å². The first-order valence-corrected chi connectivity index (χ1v) is 5.70. The summed E-state index contributed by atoms with van der Waals surface area (Å²) in [7, 11) is 0. The summed E-state index contributed by atoms with van der Waals surface area (Å²) in [5, 5.41) is 4.28. The number of hydrogen-bond donors (Lipinski definition) is 1. The molecular weight excluding hydrogens is 236 g/mol. The number of nitrogen functional groups attached to an aromatic ring is 1. The maximum atomic E-state index is 13.8. The fourth-order valence-electron chi connectivity index (χ4n) is 1.78. The zero-order valence-electron chi connectivity index (χ0n) is 10.5. The van der Waals surface area contributed by atoms with Gasteiger partial charge < -0.3 is 5.73 Å². The van der Waals surface area contributed by atoms with Crippen LogP contribution < -0.4 is 5.73 Å². The van der Waals surface area contributed by atoms with Gasteiger partial charge in [-0.25, -0.2) is 8.78 Å². The van der Waals surface area contributed by atoms with E-state index in [-0.39, 0.29) is 17.3 Å². The zero-order valence-corrected chi connectivity index (χ0v) is 10.5. The van der Waals surface area contributed by atoms with Gasteiger partial charge in [-0.1, -0.05) is 0 Å². The molecule has 0 amide bonds. The van der Waals surface area contributed by atoms with Crippen molar-refractivity contribution in [1.82, 2.24) is 9.78 Å². The SMILES string of the molecule is Cc1nn(C(C)C)cc1-c1cc(F)c(N)cc1F. The van der Waals surface area contributed by atoms with Gasteiger partial charge in [-0.2, -0.15) is 5.10 Å². The fraction of sp³-hybridized carbons (Fsp3) is 0.308. The molecule has 0 aliphatic heterocycles. The average molecular weight is 251 g/mol.